The van der Waals surface area contributed by atoms with Gasteiger partial charge in [0.25, 0.3) is 10.0 Å². The van der Waals surface area contributed by atoms with Crippen LogP contribution < -0.4 is 4.13 Å². The lowest BCUT2D eigenvalue weighted by Crippen LogP contribution is -2.59. The van der Waals surface area contributed by atoms with Crippen molar-refractivity contribution in [1.82, 2.24) is 4.13 Å². The van der Waals surface area contributed by atoms with Crippen LogP contribution in [-0.2, 0) is 20.0 Å². The molecule has 0 aliphatic carbocycles. The average Bonchev–Trinajstić information content (AvgIpc) is 1.95. The average molecular weight is 327 g/mol. The minimum absolute atomic E-state index is 0.0215. The molecule has 1 N–H and O–H groups in total. The number of rotatable bonds is 4. The van der Waals surface area contributed by atoms with Gasteiger partial charge in [0.1, 0.15) is 0 Å². The summed E-state index contributed by atoms with van der Waals surface area (Å²) in [4.78, 5) is 0. The van der Waals surface area contributed by atoms with Crippen molar-refractivity contribution in [2.75, 3.05) is 6.26 Å². The fourth-order valence-electron chi connectivity index (χ4n) is 0.585. The quantitative estimate of drug-likeness (QED) is 0.769. The van der Waals surface area contributed by atoms with Crippen LogP contribution in [0.15, 0.2) is 0 Å². The Hall–Kier alpha value is -0.630. The molecule has 0 rings (SSSR count). The van der Waals surface area contributed by atoms with Crippen molar-refractivity contribution in [3.05, 3.63) is 0 Å². The van der Waals surface area contributed by atoms with Gasteiger partial charge in [-0.25, -0.2) is 16.8 Å². The summed E-state index contributed by atoms with van der Waals surface area (Å²) in [6.45, 7) is 0. The molecule has 110 valence electrons. The fraction of sp³-hybridized carbons (Fsp3) is 1.00. The van der Waals surface area contributed by atoms with Crippen LogP contribution in [0.5, 0.6) is 0 Å². The second-order valence-corrected chi connectivity index (χ2v) is 6.68. The lowest BCUT2D eigenvalue weighted by atomic mass is 10.3. The molecule has 0 aliphatic rings. The van der Waals surface area contributed by atoms with Crippen LogP contribution >= 0.6 is 0 Å². The van der Waals surface area contributed by atoms with Gasteiger partial charge in [0.2, 0.25) is 10.0 Å². The SMILES string of the molecule is CS(=O)(=O)NS(=O)(=O)C(F)(F)C(F)(F)C(F)(F)F. The first kappa shape index (κ1) is 17.4. The van der Waals surface area contributed by atoms with Crippen molar-refractivity contribution >= 4 is 20.0 Å². The maximum Gasteiger partial charge on any atom is 0.461 e. The zero-order valence-electron chi connectivity index (χ0n) is 8.10. The molecule has 0 aromatic heterocycles. The van der Waals surface area contributed by atoms with Crippen LogP contribution in [0.25, 0.3) is 0 Å². The molecule has 0 aromatic carbocycles. The molecule has 0 radical (unpaired) electrons. The van der Waals surface area contributed by atoms with Crippen molar-refractivity contribution in [1.29, 1.82) is 0 Å². The van der Waals surface area contributed by atoms with Crippen molar-refractivity contribution in [2.24, 2.45) is 0 Å². The Kier molecular flexibility index (Phi) is 4.05. The fourth-order valence-corrected chi connectivity index (χ4v) is 3.05. The molecule has 0 saturated heterocycles. The number of alkyl halides is 7. The number of hydrogen-bond donors (Lipinski definition) is 1. The van der Waals surface area contributed by atoms with E-state index in [1.807, 2.05) is 0 Å². The number of halogens is 7. The van der Waals surface area contributed by atoms with Gasteiger partial charge in [-0.2, -0.15) is 30.7 Å². The molecule has 0 aliphatic heterocycles. The third-order valence-electron chi connectivity index (χ3n) is 1.32. The first-order valence-electron chi connectivity index (χ1n) is 3.51. The molecule has 0 fully saturated rings. The molecular weight excluding hydrogens is 323 g/mol. The smallest absolute Gasteiger partial charge is 0.212 e. The molecule has 0 bridgehead atoms. The van der Waals surface area contributed by atoms with Gasteiger partial charge in [0.05, 0.1) is 6.26 Å². The predicted molar refractivity (Wildman–Crippen MR) is 42.8 cm³/mol. The van der Waals surface area contributed by atoms with Gasteiger partial charge in [-0.3, -0.25) is 0 Å². The van der Waals surface area contributed by atoms with Crippen molar-refractivity contribution in [3.8, 4) is 0 Å². The van der Waals surface area contributed by atoms with Gasteiger partial charge in [0, 0.05) is 0 Å². The Balaban J connectivity index is 5.82. The molecule has 0 atom stereocenters. The molecule has 0 unspecified atom stereocenters. The van der Waals surface area contributed by atoms with Crippen LogP contribution in [0.2, 0.25) is 0 Å². The third-order valence-corrected chi connectivity index (χ3v) is 4.34. The second kappa shape index (κ2) is 4.19. The monoisotopic (exact) mass is 327 g/mol. The summed E-state index contributed by atoms with van der Waals surface area (Å²) in [6.07, 6.45) is -6.91. The zero-order valence-corrected chi connectivity index (χ0v) is 9.73. The lowest BCUT2D eigenvalue weighted by Gasteiger charge is -2.27. The van der Waals surface area contributed by atoms with E-state index in [1.165, 1.54) is 0 Å². The molecule has 0 aromatic rings. The summed E-state index contributed by atoms with van der Waals surface area (Å²) in [5.41, 5.74) is 0. The molecular formula is C4H4F7NO4S2. The topological polar surface area (TPSA) is 80.3 Å². The van der Waals surface area contributed by atoms with E-state index in [-0.39, 0.29) is 10.4 Å². The Bertz CT molecular complexity index is 518. The molecule has 0 spiro atoms. The Morgan fingerprint density at radius 2 is 1.17 bits per heavy atom. The molecule has 5 nitrogen and oxygen atoms in total. The summed E-state index contributed by atoms with van der Waals surface area (Å²) >= 11 is 0. The highest BCUT2D eigenvalue weighted by Crippen LogP contribution is 2.48. The third kappa shape index (κ3) is 3.03. The number of nitrogens with one attached hydrogen (secondary N) is 1. The van der Waals surface area contributed by atoms with Gasteiger partial charge in [-0.15, -0.1) is 4.13 Å². The maximum absolute atomic E-state index is 12.6. The van der Waals surface area contributed by atoms with E-state index in [0.29, 0.717) is 0 Å². The van der Waals surface area contributed by atoms with E-state index in [9.17, 15) is 47.6 Å². The highest BCUT2D eigenvalue weighted by molar-refractivity contribution is 8.04. The first-order chi connectivity index (χ1) is 7.46. The molecule has 0 saturated carbocycles. The van der Waals surface area contributed by atoms with Gasteiger partial charge in [-0.05, 0) is 0 Å². The summed E-state index contributed by atoms with van der Waals surface area (Å²) in [6, 6.07) is 0. The summed E-state index contributed by atoms with van der Waals surface area (Å²) in [7, 11) is -11.8. The van der Waals surface area contributed by atoms with Crippen molar-refractivity contribution in [2.45, 2.75) is 17.4 Å². The highest BCUT2D eigenvalue weighted by atomic mass is 32.3. The lowest BCUT2D eigenvalue weighted by molar-refractivity contribution is -0.332. The van der Waals surface area contributed by atoms with E-state index < -0.39 is 37.4 Å². The minimum Gasteiger partial charge on any atom is -0.212 e. The van der Waals surface area contributed by atoms with E-state index in [0.717, 1.165) is 0 Å². The van der Waals surface area contributed by atoms with E-state index in [2.05, 4.69) is 0 Å². The minimum atomic E-state index is -6.96. The van der Waals surface area contributed by atoms with Crippen molar-refractivity contribution in [3.63, 3.8) is 0 Å². The van der Waals surface area contributed by atoms with Gasteiger partial charge in [0.15, 0.2) is 0 Å². The van der Waals surface area contributed by atoms with E-state index in [4.69, 9.17) is 0 Å². The largest absolute Gasteiger partial charge is 0.461 e. The summed E-state index contributed by atoms with van der Waals surface area (Å²) in [5.74, 6) is -6.96. The first-order valence-corrected chi connectivity index (χ1v) is 6.88. The summed E-state index contributed by atoms with van der Waals surface area (Å²) in [5, 5.41) is -6.69. The van der Waals surface area contributed by atoms with Crippen LogP contribution in [0.1, 0.15) is 0 Å². The van der Waals surface area contributed by atoms with Gasteiger partial charge < -0.3 is 0 Å². The van der Waals surface area contributed by atoms with Crippen LogP contribution in [0.3, 0.4) is 0 Å². The molecule has 0 amide bonds. The van der Waals surface area contributed by atoms with Crippen LogP contribution in [0, 0.1) is 0 Å². The van der Waals surface area contributed by atoms with E-state index in [1.54, 1.807) is 0 Å². The Labute approximate surface area is 96.1 Å². The Morgan fingerprint density at radius 1 is 0.833 bits per heavy atom. The second-order valence-electron chi connectivity index (χ2n) is 2.95. The molecule has 18 heavy (non-hydrogen) atoms. The Morgan fingerprint density at radius 3 is 1.39 bits per heavy atom. The van der Waals surface area contributed by atoms with Crippen molar-refractivity contribution < 1.29 is 47.6 Å². The standard InChI is InChI=1S/C4H4F7NO4S2/c1-17(13,14)12-18(15,16)4(10,11)2(5,6)3(7,8)9/h12H,1H3. The predicted octanol–water partition coefficient (Wildman–Crippen LogP) is 0.656. The zero-order chi connectivity index (χ0) is 15.2. The van der Waals surface area contributed by atoms with Crippen LogP contribution in [-0.4, -0.2) is 40.4 Å². The molecule has 0 heterocycles. The maximum atomic E-state index is 12.6. The highest BCUT2D eigenvalue weighted by Gasteiger charge is 2.79. The van der Waals surface area contributed by atoms with Gasteiger partial charge >= 0.3 is 17.4 Å². The van der Waals surface area contributed by atoms with E-state index >= 15 is 0 Å². The number of hydrogen-bond acceptors (Lipinski definition) is 4. The number of sulfonamides is 2. The normalized spacial score (nSPS) is 15.8. The summed E-state index contributed by atoms with van der Waals surface area (Å²) < 4.78 is 126. The molecule has 14 heteroatoms. The van der Waals surface area contributed by atoms with Crippen LogP contribution in [0.4, 0.5) is 30.7 Å². The van der Waals surface area contributed by atoms with Gasteiger partial charge in [-0.1, -0.05) is 0 Å².